The summed E-state index contributed by atoms with van der Waals surface area (Å²) in [5, 5.41) is -0.209. The van der Waals surface area contributed by atoms with Crippen LogP contribution in [0.25, 0.3) is 0 Å². The summed E-state index contributed by atoms with van der Waals surface area (Å²) >= 11 is 11.5. The van der Waals surface area contributed by atoms with Crippen molar-refractivity contribution in [2.45, 2.75) is 43.6 Å². The molecule has 80 valence electrons. The molecule has 0 saturated carbocycles. The highest BCUT2D eigenvalue weighted by atomic mass is 35.5. The largest absolute Gasteiger partial charge is 0.329 e. The van der Waals surface area contributed by atoms with E-state index in [4.69, 9.17) is 27.7 Å². The summed E-state index contributed by atoms with van der Waals surface area (Å²) in [6, 6.07) is 0. The van der Waals surface area contributed by atoms with Gasteiger partial charge in [-0.1, -0.05) is 6.92 Å². The van der Waals surface area contributed by atoms with Gasteiger partial charge in [-0.05, 0) is 20.3 Å². The molecule has 0 fully saturated rings. The van der Waals surface area contributed by atoms with Crippen LogP contribution in [0.2, 0.25) is 0 Å². The standard InChI is InChI=1S/C8H17Cl2O2P/c1-4-8(7(3)10)13(11)12-5-6(2)9/h6-8,13H,4-5H2,1-3H3. The maximum Gasteiger partial charge on any atom is 0.196 e. The van der Waals surface area contributed by atoms with Crippen LogP contribution >= 0.6 is 31.2 Å². The Morgan fingerprint density at radius 2 is 1.92 bits per heavy atom. The number of halogens is 2. The molecule has 13 heavy (non-hydrogen) atoms. The number of hydrogen-bond acceptors (Lipinski definition) is 2. The molecule has 0 heterocycles. The predicted octanol–water partition coefficient (Wildman–Crippen LogP) is 3.51. The Hall–Kier alpha value is 0.770. The first-order valence-electron chi connectivity index (χ1n) is 4.43. The minimum absolute atomic E-state index is 0.0397. The normalized spacial score (nSPS) is 20.7. The molecular formula is C8H17Cl2O2P. The maximum atomic E-state index is 11.5. The van der Waals surface area contributed by atoms with Gasteiger partial charge in [0.1, 0.15) is 0 Å². The second-order valence-corrected chi connectivity index (χ2v) is 6.20. The summed E-state index contributed by atoms with van der Waals surface area (Å²) in [7, 11) is -2.04. The molecule has 0 aliphatic rings. The van der Waals surface area contributed by atoms with Gasteiger partial charge >= 0.3 is 0 Å². The van der Waals surface area contributed by atoms with Gasteiger partial charge < -0.3 is 4.52 Å². The van der Waals surface area contributed by atoms with Crippen molar-refractivity contribution < 1.29 is 9.09 Å². The Balaban J connectivity index is 3.92. The van der Waals surface area contributed by atoms with E-state index in [-0.39, 0.29) is 16.4 Å². The first kappa shape index (κ1) is 13.8. The lowest BCUT2D eigenvalue weighted by Crippen LogP contribution is -2.14. The third kappa shape index (κ3) is 5.96. The SMILES string of the molecule is CCC(C(C)Cl)[PH](=O)OCC(C)Cl. The van der Waals surface area contributed by atoms with Crippen LogP contribution < -0.4 is 0 Å². The van der Waals surface area contributed by atoms with Crippen molar-refractivity contribution >= 4 is 31.2 Å². The predicted molar refractivity (Wildman–Crippen MR) is 59.7 cm³/mol. The summed E-state index contributed by atoms with van der Waals surface area (Å²) in [5.74, 6) is 0. The van der Waals surface area contributed by atoms with Crippen molar-refractivity contribution in [2.75, 3.05) is 6.61 Å². The molecule has 2 nitrogen and oxygen atoms in total. The van der Waals surface area contributed by atoms with Crippen molar-refractivity contribution in [1.29, 1.82) is 0 Å². The molecule has 0 aromatic rings. The lowest BCUT2D eigenvalue weighted by molar-refractivity contribution is 0.324. The fourth-order valence-corrected chi connectivity index (χ4v) is 2.98. The van der Waals surface area contributed by atoms with Gasteiger partial charge in [-0.3, -0.25) is 4.57 Å². The minimum atomic E-state index is -2.04. The Bertz CT molecular complexity index is 162. The van der Waals surface area contributed by atoms with Crippen molar-refractivity contribution in [3.8, 4) is 0 Å². The second kappa shape index (κ2) is 7.11. The zero-order chi connectivity index (χ0) is 10.4. The molecule has 0 aromatic heterocycles. The highest BCUT2D eigenvalue weighted by Gasteiger charge is 2.20. The Morgan fingerprint density at radius 1 is 1.38 bits per heavy atom. The van der Waals surface area contributed by atoms with E-state index in [1.54, 1.807) is 0 Å². The molecular weight excluding hydrogens is 230 g/mol. The van der Waals surface area contributed by atoms with E-state index in [2.05, 4.69) is 0 Å². The first-order valence-corrected chi connectivity index (χ1v) is 6.70. The molecule has 0 rings (SSSR count). The van der Waals surface area contributed by atoms with Crippen LogP contribution in [-0.4, -0.2) is 23.0 Å². The van der Waals surface area contributed by atoms with Crippen molar-refractivity contribution in [1.82, 2.24) is 0 Å². The Labute approximate surface area is 90.8 Å². The highest BCUT2D eigenvalue weighted by molar-refractivity contribution is 7.40. The number of rotatable bonds is 6. The number of hydrogen-bond donors (Lipinski definition) is 0. The minimum Gasteiger partial charge on any atom is -0.329 e. The van der Waals surface area contributed by atoms with Crippen molar-refractivity contribution in [3.63, 3.8) is 0 Å². The van der Waals surface area contributed by atoms with E-state index in [1.165, 1.54) is 0 Å². The van der Waals surface area contributed by atoms with Gasteiger partial charge in [-0.2, -0.15) is 0 Å². The molecule has 4 atom stereocenters. The Morgan fingerprint density at radius 3 is 2.23 bits per heavy atom. The van der Waals surface area contributed by atoms with E-state index < -0.39 is 8.03 Å². The summed E-state index contributed by atoms with van der Waals surface area (Å²) in [4.78, 5) is 0. The fraction of sp³-hybridized carbons (Fsp3) is 1.00. The van der Waals surface area contributed by atoms with Gasteiger partial charge in [-0.15, -0.1) is 23.2 Å². The number of alkyl halides is 2. The van der Waals surface area contributed by atoms with E-state index in [0.29, 0.717) is 6.61 Å². The summed E-state index contributed by atoms with van der Waals surface area (Å²) in [6.07, 6.45) is 0.777. The second-order valence-electron chi connectivity index (χ2n) is 3.10. The lowest BCUT2D eigenvalue weighted by atomic mass is 10.3. The quantitative estimate of drug-likeness (QED) is 0.530. The average molecular weight is 247 g/mol. The molecule has 0 N–H and O–H groups in total. The zero-order valence-corrected chi connectivity index (χ0v) is 10.7. The molecule has 5 heteroatoms. The van der Waals surface area contributed by atoms with Crippen LogP contribution in [-0.2, 0) is 9.09 Å². The monoisotopic (exact) mass is 246 g/mol. The van der Waals surface area contributed by atoms with Gasteiger partial charge in [-0.25, -0.2) is 0 Å². The van der Waals surface area contributed by atoms with Gasteiger partial charge in [0.25, 0.3) is 0 Å². The molecule has 0 amide bonds. The molecule has 0 bridgehead atoms. The lowest BCUT2D eigenvalue weighted by Gasteiger charge is -2.17. The highest BCUT2D eigenvalue weighted by Crippen LogP contribution is 2.36. The first-order chi connectivity index (χ1) is 5.99. The molecule has 0 aliphatic carbocycles. The van der Waals surface area contributed by atoms with Crippen molar-refractivity contribution in [3.05, 3.63) is 0 Å². The van der Waals surface area contributed by atoms with Crippen molar-refractivity contribution in [2.24, 2.45) is 0 Å². The van der Waals surface area contributed by atoms with Crippen LogP contribution in [0.4, 0.5) is 0 Å². The van der Waals surface area contributed by atoms with Crippen LogP contribution in [0.15, 0.2) is 0 Å². The van der Waals surface area contributed by atoms with E-state index in [0.717, 1.165) is 6.42 Å². The molecule has 0 saturated heterocycles. The van der Waals surface area contributed by atoms with Gasteiger partial charge in [0, 0.05) is 11.0 Å². The molecule has 0 spiro atoms. The smallest absolute Gasteiger partial charge is 0.196 e. The fourth-order valence-electron chi connectivity index (χ4n) is 0.983. The third-order valence-electron chi connectivity index (χ3n) is 1.75. The van der Waals surface area contributed by atoms with Crippen LogP contribution in [0.1, 0.15) is 27.2 Å². The maximum absolute atomic E-state index is 11.5. The van der Waals surface area contributed by atoms with E-state index >= 15 is 0 Å². The third-order valence-corrected chi connectivity index (χ3v) is 4.36. The van der Waals surface area contributed by atoms with Gasteiger partial charge in [0.15, 0.2) is 8.03 Å². The van der Waals surface area contributed by atoms with E-state index in [9.17, 15) is 4.57 Å². The topological polar surface area (TPSA) is 26.3 Å². The Kier molecular flexibility index (Phi) is 7.53. The van der Waals surface area contributed by atoms with Gasteiger partial charge in [0.2, 0.25) is 0 Å². The van der Waals surface area contributed by atoms with Crippen LogP contribution in [0, 0.1) is 0 Å². The van der Waals surface area contributed by atoms with E-state index in [1.807, 2.05) is 20.8 Å². The summed E-state index contributed by atoms with van der Waals surface area (Å²) < 4.78 is 16.7. The zero-order valence-electron chi connectivity index (χ0n) is 8.22. The van der Waals surface area contributed by atoms with Gasteiger partial charge in [0.05, 0.1) is 12.0 Å². The molecule has 4 unspecified atom stereocenters. The molecule has 0 radical (unpaired) electrons. The van der Waals surface area contributed by atoms with Crippen LogP contribution in [0.5, 0.6) is 0 Å². The molecule has 0 aromatic carbocycles. The summed E-state index contributed by atoms with van der Waals surface area (Å²) in [5.41, 5.74) is -0.0397. The molecule has 0 aliphatic heterocycles. The van der Waals surface area contributed by atoms with Crippen LogP contribution in [0.3, 0.4) is 0 Å². The average Bonchev–Trinajstić information content (AvgIpc) is 2.01. The summed E-state index contributed by atoms with van der Waals surface area (Å²) in [6.45, 7) is 5.94.